The average molecular weight is 292 g/mol. The monoisotopic (exact) mass is 292 g/mol. The van der Waals surface area contributed by atoms with Gasteiger partial charge in [0.05, 0.1) is 5.69 Å². The highest BCUT2D eigenvalue weighted by molar-refractivity contribution is 5.45. The number of hydrazone groups is 1. The van der Waals surface area contributed by atoms with Gasteiger partial charge in [-0.3, -0.25) is 0 Å². The Kier molecular flexibility index (Phi) is 4.98. The molecule has 0 unspecified atom stereocenters. The Labute approximate surface area is 121 Å². The van der Waals surface area contributed by atoms with Gasteiger partial charge in [-0.1, -0.05) is 40.0 Å². The van der Waals surface area contributed by atoms with Crippen LogP contribution in [0.1, 0.15) is 24.3 Å². The first kappa shape index (κ1) is 15.1. The van der Waals surface area contributed by atoms with Gasteiger partial charge in [0.2, 0.25) is 0 Å². The average Bonchev–Trinajstić information content (AvgIpc) is 3.35. The molecule has 3 rings (SSSR count). The molecule has 0 spiro atoms. The number of nitrogens with zero attached hydrogens (tertiary/aromatic N) is 2. The van der Waals surface area contributed by atoms with Crippen molar-refractivity contribution in [2.45, 2.75) is 18.8 Å². The topological polar surface area (TPSA) is 15.6 Å². The summed E-state index contributed by atoms with van der Waals surface area (Å²) in [6.07, 6.45) is 2.81. The third-order valence-electron chi connectivity index (χ3n) is 3.09. The van der Waals surface area contributed by atoms with Crippen molar-refractivity contribution in [2.75, 3.05) is 5.23 Å². The molecule has 0 heterocycles. The van der Waals surface area contributed by atoms with Gasteiger partial charge in [0, 0.05) is 12.8 Å². The van der Waals surface area contributed by atoms with E-state index in [0.29, 0.717) is 6.07 Å². The highest BCUT2D eigenvalue weighted by atomic mass is 19.2. The second kappa shape index (κ2) is 6.92. The molecule has 0 amide bonds. The zero-order valence-electron chi connectivity index (χ0n) is 11.3. The molecule has 0 bridgehead atoms. The van der Waals surface area contributed by atoms with Crippen LogP contribution in [0.25, 0.3) is 0 Å². The zero-order chi connectivity index (χ0) is 15.2. The Bertz CT molecular complexity index is 598. The van der Waals surface area contributed by atoms with Crippen molar-refractivity contribution >= 4 is 12.4 Å². The van der Waals surface area contributed by atoms with Crippen LogP contribution >= 0.6 is 0 Å². The largest absolute Gasteiger partial charge is 0.204 e. The number of hydrogen-bond donors (Lipinski definition) is 0. The molecule has 21 heavy (non-hydrogen) atoms. The minimum Gasteiger partial charge on any atom is -0.204 e. The quantitative estimate of drug-likeness (QED) is 0.449. The maximum absolute atomic E-state index is 12.5. The maximum Gasteiger partial charge on any atom is 0.161 e. The lowest BCUT2D eigenvalue weighted by molar-refractivity contribution is 0.444. The van der Waals surface area contributed by atoms with Crippen molar-refractivity contribution in [3.05, 3.63) is 65.7 Å². The number of benzene rings is 2. The summed E-state index contributed by atoms with van der Waals surface area (Å²) in [5.74, 6) is -1.25. The van der Waals surface area contributed by atoms with Crippen LogP contribution in [0.3, 0.4) is 0 Å². The first-order chi connectivity index (χ1) is 10.1. The zero-order valence-corrected chi connectivity index (χ0v) is 11.3. The summed E-state index contributed by atoms with van der Waals surface area (Å²) >= 11 is 0. The normalized spacial score (nSPS) is 13.1. The smallest absolute Gasteiger partial charge is 0.161 e. The SMILES string of the molecule is C=NN(F)c1ccc(F)c(F)c1.c1ccc(C2CC2)cc1. The summed E-state index contributed by atoms with van der Waals surface area (Å²) < 4.78 is 37.2. The molecule has 1 saturated carbocycles. The third-order valence-corrected chi connectivity index (χ3v) is 3.09. The van der Waals surface area contributed by atoms with Crippen LogP contribution in [0.5, 0.6) is 0 Å². The first-order valence-electron chi connectivity index (χ1n) is 6.54. The molecule has 5 heteroatoms. The minimum absolute atomic E-state index is 0.150. The highest BCUT2D eigenvalue weighted by Crippen LogP contribution is 2.39. The molecule has 1 fully saturated rings. The minimum atomic E-state index is -1.13. The summed E-state index contributed by atoms with van der Waals surface area (Å²) in [4.78, 5) is 0. The molecule has 0 saturated heterocycles. The van der Waals surface area contributed by atoms with E-state index in [0.717, 1.165) is 18.1 Å². The van der Waals surface area contributed by atoms with E-state index in [1.807, 2.05) is 0 Å². The van der Waals surface area contributed by atoms with Crippen LogP contribution < -0.4 is 5.23 Å². The van der Waals surface area contributed by atoms with Gasteiger partial charge in [-0.05, 0) is 36.5 Å². The second-order valence-electron chi connectivity index (χ2n) is 4.68. The highest BCUT2D eigenvalue weighted by Gasteiger charge is 2.22. The van der Waals surface area contributed by atoms with Crippen molar-refractivity contribution in [3.63, 3.8) is 0 Å². The van der Waals surface area contributed by atoms with E-state index in [1.165, 1.54) is 18.4 Å². The summed E-state index contributed by atoms with van der Waals surface area (Å²) in [5.41, 5.74) is 1.32. The van der Waals surface area contributed by atoms with E-state index in [-0.39, 0.29) is 10.9 Å². The van der Waals surface area contributed by atoms with Crippen LogP contribution in [0.4, 0.5) is 18.9 Å². The van der Waals surface area contributed by atoms with Gasteiger partial charge in [-0.2, -0.15) is 5.10 Å². The van der Waals surface area contributed by atoms with Crippen molar-refractivity contribution < 1.29 is 13.3 Å². The predicted octanol–water partition coefficient (Wildman–Crippen LogP) is 4.84. The standard InChI is InChI=1S/C9H10.C7H5F3N2/c1-2-4-8(5-3-1)9-6-7-9;1-11-12(10)5-2-3-6(8)7(9)4-5/h1-5,9H,6-7H2;2-4H,1H2. The Hall–Kier alpha value is -2.30. The van der Waals surface area contributed by atoms with E-state index in [9.17, 15) is 13.3 Å². The van der Waals surface area contributed by atoms with E-state index in [1.54, 1.807) is 0 Å². The Morgan fingerprint density at radius 2 is 1.67 bits per heavy atom. The van der Waals surface area contributed by atoms with Crippen LogP contribution in [0.15, 0.2) is 53.6 Å². The molecule has 110 valence electrons. The van der Waals surface area contributed by atoms with Gasteiger partial charge in [-0.25, -0.2) is 8.78 Å². The Balaban J connectivity index is 0.000000159. The fourth-order valence-electron chi connectivity index (χ4n) is 1.82. The van der Waals surface area contributed by atoms with Gasteiger partial charge in [-0.15, -0.1) is 0 Å². The molecule has 2 aromatic rings. The van der Waals surface area contributed by atoms with Gasteiger partial charge in [0.1, 0.15) is 0 Å². The molecule has 1 aliphatic carbocycles. The fraction of sp³-hybridized carbons (Fsp3) is 0.188. The van der Waals surface area contributed by atoms with E-state index in [4.69, 9.17) is 0 Å². The molecule has 0 N–H and O–H groups in total. The molecule has 2 nitrogen and oxygen atoms in total. The van der Waals surface area contributed by atoms with E-state index in [2.05, 4.69) is 42.2 Å². The van der Waals surface area contributed by atoms with Crippen LogP contribution in [0, 0.1) is 11.6 Å². The van der Waals surface area contributed by atoms with Crippen molar-refractivity contribution in [1.82, 2.24) is 0 Å². The maximum atomic E-state index is 12.5. The summed E-state index contributed by atoms with van der Waals surface area (Å²) in [7, 11) is 0. The Morgan fingerprint density at radius 1 is 1.00 bits per heavy atom. The lowest BCUT2D eigenvalue weighted by Gasteiger charge is -2.05. The summed E-state index contributed by atoms with van der Waals surface area (Å²) in [6, 6.07) is 13.3. The van der Waals surface area contributed by atoms with Gasteiger partial charge >= 0.3 is 0 Å². The van der Waals surface area contributed by atoms with Crippen LogP contribution in [-0.2, 0) is 0 Å². The number of hydrogen-bond acceptors (Lipinski definition) is 2. The second-order valence-corrected chi connectivity index (χ2v) is 4.68. The van der Waals surface area contributed by atoms with Crippen molar-refractivity contribution in [3.8, 4) is 0 Å². The van der Waals surface area contributed by atoms with Crippen LogP contribution in [-0.4, -0.2) is 6.72 Å². The van der Waals surface area contributed by atoms with Crippen LogP contribution in [0.2, 0.25) is 0 Å². The van der Waals surface area contributed by atoms with Gasteiger partial charge in [0.15, 0.2) is 11.6 Å². The molecular weight excluding hydrogens is 277 g/mol. The van der Waals surface area contributed by atoms with Crippen molar-refractivity contribution in [2.24, 2.45) is 5.10 Å². The molecule has 2 aromatic carbocycles. The van der Waals surface area contributed by atoms with Gasteiger partial charge < -0.3 is 0 Å². The fourth-order valence-corrected chi connectivity index (χ4v) is 1.82. The molecule has 0 aromatic heterocycles. The summed E-state index contributed by atoms with van der Waals surface area (Å²) in [6.45, 7) is 2.87. The predicted molar refractivity (Wildman–Crippen MR) is 77.9 cm³/mol. The van der Waals surface area contributed by atoms with E-state index < -0.39 is 11.6 Å². The molecule has 0 atom stereocenters. The molecular formula is C16H15F3N2. The summed E-state index contributed by atoms with van der Waals surface area (Å²) in [5, 5.41) is 2.71. The molecule has 0 aliphatic heterocycles. The number of halogens is 3. The molecule has 1 aliphatic rings. The lowest BCUT2D eigenvalue weighted by Crippen LogP contribution is -2.01. The number of anilines is 1. The Morgan fingerprint density at radius 3 is 2.19 bits per heavy atom. The third kappa shape index (κ3) is 4.34. The van der Waals surface area contributed by atoms with E-state index >= 15 is 0 Å². The first-order valence-corrected chi connectivity index (χ1v) is 6.54. The lowest BCUT2D eigenvalue weighted by atomic mass is 10.1. The molecule has 0 radical (unpaired) electrons. The van der Waals surface area contributed by atoms with Gasteiger partial charge in [0.25, 0.3) is 0 Å². The number of rotatable bonds is 3. The van der Waals surface area contributed by atoms with Crippen molar-refractivity contribution in [1.29, 1.82) is 0 Å².